The second kappa shape index (κ2) is 13.0. The topological polar surface area (TPSA) is 145 Å². The number of hydrogen-bond donors (Lipinski definition) is 1. The van der Waals surface area contributed by atoms with Crippen LogP contribution in [0.15, 0.2) is 57.4 Å². The van der Waals surface area contributed by atoms with Gasteiger partial charge in [-0.25, -0.2) is 0 Å². The fraction of sp³-hybridized carbons (Fsp3) is 0.588. The Labute approximate surface area is 270 Å². The van der Waals surface area contributed by atoms with Gasteiger partial charge in [0.15, 0.2) is 5.82 Å². The van der Waals surface area contributed by atoms with Crippen LogP contribution < -0.4 is 5.73 Å². The highest BCUT2D eigenvalue weighted by Crippen LogP contribution is 2.48. The van der Waals surface area contributed by atoms with E-state index in [0.29, 0.717) is 55.8 Å². The second-order valence-electron chi connectivity index (χ2n) is 14.3. The number of amides is 1. The van der Waals surface area contributed by atoms with Crippen molar-refractivity contribution in [3.05, 3.63) is 65.2 Å². The van der Waals surface area contributed by atoms with Gasteiger partial charge in [0, 0.05) is 62.0 Å². The number of nitrogens with zero attached hydrogens (tertiary/aromatic N) is 7. The Hall–Kier alpha value is -4.06. The molecule has 2 saturated heterocycles. The third-order valence-corrected chi connectivity index (χ3v) is 9.45. The molecule has 2 unspecified atom stereocenters. The lowest BCUT2D eigenvalue weighted by Crippen LogP contribution is -2.58. The molecule has 0 radical (unpaired) electrons. The number of esters is 1. The van der Waals surface area contributed by atoms with Crippen molar-refractivity contribution < 1.29 is 18.8 Å². The lowest BCUT2D eigenvalue weighted by molar-refractivity contribution is -0.158. The number of aromatic nitrogens is 4. The molecule has 2 aromatic heterocycles. The lowest BCUT2D eigenvalue weighted by Gasteiger charge is -2.48. The minimum atomic E-state index is -0.520. The van der Waals surface area contributed by atoms with Crippen molar-refractivity contribution in [3.8, 4) is 0 Å². The monoisotopic (exact) mass is 630 g/mol. The zero-order valence-corrected chi connectivity index (χ0v) is 27.4. The van der Waals surface area contributed by atoms with Crippen LogP contribution in [0.5, 0.6) is 0 Å². The standard InChI is InChI=1S/C34H46N8O4/c1-33(2,3)45-32(44)25-11-9-23(10-12-25)16-36-17-26(15-35)31(43)41-18-27(34(22-41)20-40(4)21-34)30-37-29(46-39-30)19-42-14-13-28(38-42)24-7-5-6-8-24/h9-11,13-15,17,24-25,27H,5-8,12,16,18-22,35H2,1-4H3/b26-15+,36-17?. The number of ether oxygens (including phenoxy) is 1. The van der Waals surface area contributed by atoms with Crippen LogP contribution in [0.3, 0.4) is 0 Å². The molecule has 2 aliphatic carbocycles. The van der Waals surface area contributed by atoms with Crippen LogP contribution in [0.25, 0.3) is 0 Å². The molecule has 0 bridgehead atoms. The number of carbonyl (C=O) groups is 2. The van der Waals surface area contributed by atoms with Gasteiger partial charge >= 0.3 is 5.97 Å². The first-order valence-corrected chi connectivity index (χ1v) is 16.4. The van der Waals surface area contributed by atoms with Gasteiger partial charge in [-0.3, -0.25) is 19.3 Å². The van der Waals surface area contributed by atoms with Crippen LogP contribution in [0.1, 0.15) is 82.1 Å². The first kappa shape index (κ1) is 31.9. The van der Waals surface area contributed by atoms with Gasteiger partial charge in [0.05, 0.1) is 23.7 Å². The SMILES string of the molecule is CN1CC2(C1)CN(C(=O)/C(C=NCC1=CCC(C(=O)OC(C)(C)C)C=C1)=C/N)CC2c1noc(Cn2ccc(C3CCCC3)n2)n1. The van der Waals surface area contributed by atoms with Gasteiger partial charge < -0.3 is 24.8 Å². The van der Waals surface area contributed by atoms with E-state index < -0.39 is 5.60 Å². The number of rotatable bonds is 9. The normalized spacial score (nSPS) is 23.8. The van der Waals surface area contributed by atoms with Crippen LogP contribution in [0, 0.1) is 11.3 Å². The van der Waals surface area contributed by atoms with Crippen molar-refractivity contribution in [2.75, 3.05) is 39.8 Å². The molecule has 246 valence electrons. The zero-order valence-electron chi connectivity index (χ0n) is 27.4. The van der Waals surface area contributed by atoms with Gasteiger partial charge in [-0.15, -0.1) is 0 Å². The molecule has 2 aromatic rings. The van der Waals surface area contributed by atoms with E-state index in [4.69, 9.17) is 25.1 Å². The molecule has 2 atom stereocenters. The van der Waals surface area contributed by atoms with Crippen LogP contribution in [0.2, 0.25) is 0 Å². The van der Waals surface area contributed by atoms with E-state index in [-0.39, 0.29) is 29.1 Å². The van der Waals surface area contributed by atoms with E-state index in [1.807, 2.05) is 54.8 Å². The number of hydrogen-bond acceptors (Lipinski definition) is 10. The third kappa shape index (κ3) is 7.01. The van der Waals surface area contributed by atoms with Gasteiger partial charge in [-0.05, 0) is 58.7 Å². The lowest BCUT2D eigenvalue weighted by atomic mass is 9.71. The van der Waals surface area contributed by atoms with Crippen LogP contribution in [0.4, 0.5) is 0 Å². The Morgan fingerprint density at radius 2 is 2.00 bits per heavy atom. The van der Waals surface area contributed by atoms with Crippen molar-refractivity contribution in [2.45, 2.75) is 76.9 Å². The smallest absolute Gasteiger partial charge is 0.313 e. The highest BCUT2D eigenvalue weighted by atomic mass is 16.6. The maximum Gasteiger partial charge on any atom is 0.313 e. The highest BCUT2D eigenvalue weighted by molar-refractivity contribution is 6.12. The van der Waals surface area contributed by atoms with Gasteiger partial charge in [0.25, 0.3) is 5.91 Å². The summed E-state index contributed by atoms with van der Waals surface area (Å²) >= 11 is 0. The quantitative estimate of drug-likeness (QED) is 0.250. The van der Waals surface area contributed by atoms with E-state index in [0.717, 1.165) is 24.4 Å². The molecular weight excluding hydrogens is 584 g/mol. The molecule has 1 saturated carbocycles. The van der Waals surface area contributed by atoms with E-state index in [9.17, 15) is 9.59 Å². The summed E-state index contributed by atoms with van der Waals surface area (Å²) in [6.45, 7) is 9.13. The Kier molecular flexibility index (Phi) is 9.00. The summed E-state index contributed by atoms with van der Waals surface area (Å²) in [7, 11) is 2.08. The molecule has 4 aliphatic rings. The Bertz CT molecular complexity index is 1550. The number of aliphatic imine (C=N–C) groups is 1. The Morgan fingerprint density at radius 1 is 1.22 bits per heavy atom. The first-order chi connectivity index (χ1) is 22.0. The van der Waals surface area contributed by atoms with Crippen molar-refractivity contribution in [2.24, 2.45) is 22.1 Å². The summed E-state index contributed by atoms with van der Waals surface area (Å²) in [6.07, 6.45) is 16.1. The Balaban J connectivity index is 1.06. The zero-order chi connectivity index (χ0) is 32.5. The van der Waals surface area contributed by atoms with Crippen molar-refractivity contribution in [1.29, 1.82) is 0 Å². The van der Waals surface area contributed by atoms with Gasteiger partial charge in [0.1, 0.15) is 12.1 Å². The van der Waals surface area contributed by atoms with Crippen molar-refractivity contribution in [1.82, 2.24) is 29.7 Å². The summed E-state index contributed by atoms with van der Waals surface area (Å²) in [6, 6.07) is 2.10. The maximum atomic E-state index is 13.7. The third-order valence-electron chi connectivity index (χ3n) is 9.45. The summed E-state index contributed by atoms with van der Waals surface area (Å²) in [5, 5.41) is 9.16. The molecule has 6 rings (SSSR count). The fourth-order valence-electron chi connectivity index (χ4n) is 7.28. The molecule has 0 aromatic carbocycles. The minimum absolute atomic E-state index is 0.0526. The van der Waals surface area contributed by atoms with E-state index in [1.165, 1.54) is 31.9 Å². The molecule has 3 fully saturated rings. The number of carbonyl (C=O) groups excluding carboxylic acids is 2. The van der Waals surface area contributed by atoms with E-state index >= 15 is 0 Å². The molecule has 12 nitrogen and oxygen atoms in total. The summed E-state index contributed by atoms with van der Waals surface area (Å²) in [5.41, 5.74) is 7.70. The summed E-state index contributed by atoms with van der Waals surface area (Å²) in [4.78, 5) is 39.4. The molecule has 1 amide bonds. The molecule has 4 heterocycles. The molecule has 2 aliphatic heterocycles. The van der Waals surface area contributed by atoms with Crippen LogP contribution >= 0.6 is 0 Å². The van der Waals surface area contributed by atoms with Crippen LogP contribution in [-0.4, -0.2) is 93.2 Å². The second-order valence-corrected chi connectivity index (χ2v) is 14.3. The van der Waals surface area contributed by atoms with Gasteiger partial charge in [-0.2, -0.15) is 10.1 Å². The average Bonchev–Trinajstić information content (AvgIpc) is 3.81. The molecule has 12 heteroatoms. The summed E-state index contributed by atoms with van der Waals surface area (Å²) in [5.74, 6) is 0.947. The molecule has 2 N–H and O–H groups in total. The molecular formula is C34H46N8O4. The van der Waals surface area contributed by atoms with Crippen molar-refractivity contribution >= 4 is 18.1 Å². The number of allylic oxidation sites excluding steroid dienone is 1. The van der Waals surface area contributed by atoms with E-state index in [1.54, 1.807) is 6.21 Å². The van der Waals surface area contributed by atoms with Crippen molar-refractivity contribution in [3.63, 3.8) is 0 Å². The molecule has 1 spiro atoms. The summed E-state index contributed by atoms with van der Waals surface area (Å²) < 4.78 is 13.1. The predicted molar refractivity (Wildman–Crippen MR) is 173 cm³/mol. The van der Waals surface area contributed by atoms with E-state index in [2.05, 4.69) is 28.2 Å². The number of likely N-dealkylation sites (tertiary alicyclic amines) is 2. The minimum Gasteiger partial charge on any atom is -0.460 e. The highest BCUT2D eigenvalue weighted by Gasteiger charge is 2.56. The maximum absolute atomic E-state index is 13.7. The Morgan fingerprint density at radius 3 is 2.67 bits per heavy atom. The number of nitrogens with two attached hydrogens (primary N) is 1. The van der Waals surface area contributed by atoms with Gasteiger partial charge in [0.2, 0.25) is 5.89 Å². The van der Waals surface area contributed by atoms with Crippen LogP contribution in [-0.2, 0) is 20.9 Å². The fourth-order valence-corrected chi connectivity index (χ4v) is 7.28. The molecule has 46 heavy (non-hydrogen) atoms. The largest absolute Gasteiger partial charge is 0.460 e. The first-order valence-electron chi connectivity index (χ1n) is 16.4. The predicted octanol–water partition coefficient (Wildman–Crippen LogP) is 3.59. The van der Waals surface area contributed by atoms with Gasteiger partial charge in [-0.1, -0.05) is 36.2 Å². The average molecular weight is 631 g/mol.